The second kappa shape index (κ2) is 5.79. The molecule has 0 N–H and O–H groups in total. The first-order valence-electron chi connectivity index (χ1n) is 4.33. The van der Waals surface area contributed by atoms with Crippen molar-refractivity contribution in [3.05, 3.63) is 12.2 Å². The molecule has 0 saturated carbocycles. The molecule has 2 nitrogen and oxygen atoms in total. The minimum atomic E-state index is 0.495. The lowest BCUT2D eigenvalue weighted by atomic mass is 10.2. The molecule has 12 heavy (non-hydrogen) atoms. The van der Waals surface area contributed by atoms with Gasteiger partial charge in [0.1, 0.15) is 0 Å². The van der Waals surface area contributed by atoms with Crippen LogP contribution in [0.1, 0.15) is 27.2 Å². The van der Waals surface area contributed by atoms with Crippen molar-refractivity contribution in [1.82, 2.24) is 4.90 Å². The van der Waals surface area contributed by atoms with E-state index in [4.69, 9.17) is 5.26 Å². The second-order valence-electron chi connectivity index (χ2n) is 3.43. The smallest absolute Gasteiger partial charge is 0.0635 e. The molecular weight excluding hydrogens is 148 g/mol. The molecule has 0 rings (SSSR count). The van der Waals surface area contributed by atoms with Gasteiger partial charge in [-0.15, -0.1) is 0 Å². The summed E-state index contributed by atoms with van der Waals surface area (Å²) in [6.45, 7) is 11.9. The van der Waals surface area contributed by atoms with E-state index in [-0.39, 0.29) is 0 Å². The van der Waals surface area contributed by atoms with Gasteiger partial charge in [0.15, 0.2) is 0 Å². The van der Waals surface area contributed by atoms with E-state index < -0.39 is 0 Å². The van der Waals surface area contributed by atoms with Gasteiger partial charge in [-0.2, -0.15) is 5.26 Å². The van der Waals surface area contributed by atoms with Crippen molar-refractivity contribution in [3.63, 3.8) is 0 Å². The summed E-state index contributed by atoms with van der Waals surface area (Å²) in [7, 11) is 0. The number of nitrogens with zero attached hydrogens (tertiary/aromatic N) is 2. The highest BCUT2D eigenvalue weighted by Crippen LogP contribution is 2.02. The Bertz CT molecular complexity index is 177. The molecule has 0 heterocycles. The highest BCUT2D eigenvalue weighted by Gasteiger charge is 2.07. The minimum absolute atomic E-state index is 0.495. The molecule has 0 aromatic rings. The first-order chi connectivity index (χ1) is 5.57. The molecule has 0 aliphatic heterocycles. The average molecular weight is 166 g/mol. The van der Waals surface area contributed by atoms with Gasteiger partial charge in [0, 0.05) is 25.6 Å². The molecule has 0 aromatic heterocycles. The molecule has 68 valence electrons. The van der Waals surface area contributed by atoms with Gasteiger partial charge in [0.25, 0.3) is 0 Å². The number of hydrogen-bond donors (Lipinski definition) is 0. The van der Waals surface area contributed by atoms with Crippen LogP contribution in [0.3, 0.4) is 0 Å². The summed E-state index contributed by atoms with van der Waals surface area (Å²) in [6.07, 6.45) is 0.603. The van der Waals surface area contributed by atoms with Crippen molar-refractivity contribution in [1.29, 1.82) is 5.26 Å². The van der Waals surface area contributed by atoms with Crippen LogP contribution in [0.2, 0.25) is 0 Å². The van der Waals surface area contributed by atoms with E-state index in [1.54, 1.807) is 0 Å². The summed E-state index contributed by atoms with van der Waals surface area (Å²) in [5.74, 6) is 0. The molecule has 2 heteroatoms. The van der Waals surface area contributed by atoms with Gasteiger partial charge in [-0.25, -0.2) is 0 Å². The van der Waals surface area contributed by atoms with Crippen molar-refractivity contribution in [2.45, 2.75) is 33.2 Å². The number of nitriles is 1. The first kappa shape index (κ1) is 11.2. The van der Waals surface area contributed by atoms with E-state index in [9.17, 15) is 0 Å². The van der Waals surface area contributed by atoms with Crippen molar-refractivity contribution < 1.29 is 0 Å². The molecule has 0 aliphatic rings. The summed E-state index contributed by atoms with van der Waals surface area (Å²) in [4.78, 5) is 2.26. The first-order valence-corrected chi connectivity index (χ1v) is 4.33. The van der Waals surface area contributed by atoms with Gasteiger partial charge in [-0.05, 0) is 20.8 Å². The average Bonchev–Trinajstić information content (AvgIpc) is 1.96. The van der Waals surface area contributed by atoms with Crippen LogP contribution in [0.25, 0.3) is 0 Å². The predicted octanol–water partition coefficient (Wildman–Crippen LogP) is 2.19. The lowest BCUT2D eigenvalue weighted by Gasteiger charge is -2.25. The largest absolute Gasteiger partial charge is 0.296 e. The maximum atomic E-state index is 8.43. The Morgan fingerprint density at radius 3 is 2.50 bits per heavy atom. The predicted molar refractivity (Wildman–Crippen MR) is 51.8 cm³/mol. The molecule has 0 bridgehead atoms. The summed E-state index contributed by atoms with van der Waals surface area (Å²) in [5, 5.41) is 8.43. The van der Waals surface area contributed by atoms with Crippen LogP contribution in [0.5, 0.6) is 0 Å². The third-order valence-electron chi connectivity index (χ3n) is 1.71. The highest BCUT2D eigenvalue weighted by atomic mass is 15.1. The normalized spacial score (nSPS) is 10.3. The Kier molecular flexibility index (Phi) is 5.40. The van der Waals surface area contributed by atoms with Gasteiger partial charge in [-0.1, -0.05) is 12.2 Å². The fourth-order valence-electron chi connectivity index (χ4n) is 1.06. The third kappa shape index (κ3) is 4.92. The zero-order valence-electron chi connectivity index (χ0n) is 8.30. The van der Waals surface area contributed by atoms with Crippen molar-refractivity contribution in [2.75, 3.05) is 13.1 Å². The Labute approximate surface area is 75.5 Å². The Morgan fingerprint density at radius 2 is 2.17 bits per heavy atom. The summed E-state index contributed by atoms with van der Waals surface area (Å²) >= 11 is 0. The van der Waals surface area contributed by atoms with Gasteiger partial charge >= 0.3 is 0 Å². The van der Waals surface area contributed by atoms with E-state index >= 15 is 0 Å². The number of rotatable bonds is 5. The molecule has 0 saturated heterocycles. The SMILES string of the molecule is C=C(C)CN(CCC#N)C(C)C. The summed E-state index contributed by atoms with van der Waals surface area (Å²) in [6, 6.07) is 2.65. The molecule has 0 radical (unpaired) electrons. The molecule has 0 atom stereocenters. The molecule has 0 aromatic carbocycles. The fourth-order valence-corrected chi connectivity index (χ4v) is 1.06. The molecule has 0 amide bonds. The van der Waals surface area contributed by atoms with Crippen LogP contribution < -0.4 is 0 Å². The van der Waals surface area contributed by atoms with E-state index in [0.717, 1.165) is 18.7 Å². The molecule has 0 fully saturated rings. The lowest BCUT2D eigenvalue weighted by molar-refractivity contribution is 0.246. The van der Waals surface area contributed by atoms with Crippen LogP contribution in [-0.2, 0) is 0 Å². The van der Waals surface area contributed by atoms with Crippen LogP contribution in [0.4, 0.5) is 0 Å². The zero-order chi connectivity index (χ0) is 9.56. The molecule has 0 aliphatic carbocycles. The topological polar surface area (TPSA) is 27.0 Å². The maximum Gasteiger partial charge on any atom is 0.0635 e. The maximum absolute atomic E-state index is 8.43. The van der Waals surface area contributed by atoms with Crippen molar-refractivity contribution in [3.8, 4) is 6.07 Å². The van der Waals surface area contributed by atoms with Crippen LogP contribution in [0.15, 0.2) is 12.2 Å². The van der Waals surface area contributed by atoms with Gasteiger partial charge in [-0.3, -0.25) is 4.90 Å². The van der Waals surface area contributed by atoms with E-state index in [1.165, 1.54) is 0 Å². The Balaban J connectivity index is 3.88. The quantitative estimate of drug-likeness (QED) is 0.585. The van der Waals surface area contributed by atoms with E-state index in [2.05, 4.69) is 31.4 Å². The van der Waals surface area contributed by atoms with Gasteiger partial charge < -0.3 is 0 Å². The van der Waals surface area contributed by atoms with Crippen molar-refractivity contribution >= 4 is 0 Å². The number of hydrogen-bond acceptors (Lipinski definition) is 2. The molecular formula is C10H18N2. The minimum Gasteiger partial charge on any atom is -0.296 e. The third-order valence-corrected chi connectivity index (χ3v) is 1.71. The molecule has 0 unspecified atom stereocenters. The van der Waals surface area contributed by atoms with Crippen LogP contribution in [0, 0.1) is 11.3 Å². The van der Waals surface area contributed by atoms with Crippen LogP contribution >= 0.6 is 0 Å². The zero-order valence-corrected chi connectivity index (χ0v) is 8.30. The Hall–Kier alpha value is -0.810. The summed E-state index contributed by atoms with van der Waals surface area (Å²) in [5.41, 5.74) is 1.15. The van der Waals surface area contributed by atoms with Gasteiger partial charge in [0.05, 0.1) is 6.07 Å². The van der Waals surface area contributed by atoms with E-state index in [0.29, 0.717) is 12.5 Å². The van der Waals surface area contributed by atoms with E-state index in [1.807, 2.05) is 6.92 Å². The summed E-state index contributed by atoms with van der Waals surface area (Å²) < 4.78 is 0. The fraction of sp³-hybridized carbons (Fsp3) is 0.700. The second-order valence-corrected chi connectivity index (χ2v) is 3.43. The highest BCUT2D eigenvalue weighted by molar-refractivity contribution is 4.93. The Morgan fingerprint density at radius 1 is 1.58 bits per heavy atom. The monoisotopic (exact) mass is 166 g/mol. The van der Waals surface area contributed by atoms with Crippen molar-refractivity contribution in [2.24, 2.45) is 0 Å². The van der Waals surface area contributed by atoms with Gasteiger partial charge in [0.2, 0.25) is 0 Å². The van der Waals surface area contributed by atoms with Crippen LogP contribution in [-0.4, -0.2) is 24.0 Å². The standard InChI is InChI=1S/C10H18N2/c1-9(2)8-12(10(3)4)7-5-6-11/h10H,1,5,7-8H2,2-4H3. The molecule has 0 spiro atoms. The lowest BCUT2D eigenvalue weighted by Crippen LogP contribution is -2.32.